The van der Waals surface area contributed by atoms with Gasteiger partial charge >= 0.3 is 0 Å². The van der Waals surface area contributed by atoms with Gasteiger partial charge in [-0.2, -0.15) is 0 Å². The van der Waals surface area contributed by atoms with Crippen LogP contribution in [0.2, 0.25) is 0 Å². The van der Waals surface area contributed by atoms with E-state index in [9.17, 15) is 23.1 Å². The maximum Gasteiger partial charge on any atom is 0.279 e. The predicted molar refractivity (Wildman–Crippen MR) is 58.3 cm³/mol. The number of rotatable bonds is 2. The minimum Gasteiger partial charge on any atom is -0.360 e. The maximum atomic E-state index is 13.5. The van der Waals surface area contributed by atoms with Gasteiger partial charge in [0.1, 0.15) is 0 Å². The Morgan fingerprint density at radius 2 is 2.05 bits per heavy atom. The summed E-state index contributed by atoms with van der Waals surface area (Å²) < 4.78 is 44.2. The van der Waals surface area contributed by atoms with Gasteiger partial charge < -0.3 is 14.7 Å². The van der Waals surface area contributed by atoms with E-state index in [-0.39, 0.29) is 18.7 Å². The topological polar surface area (TPSA) is 49.8 Å². The second-order valence-electron chi connectivity index (χ2n) is 4.35. The third-order valence-corrected chi connectivity index (χ3v) is 2.84. The molecule has 2 unspecified atom stereocenters. The lowest BCUT2D eigenvalue weighted by molar-refractivity contribution is -0.198. The number of amides is 1. The number of carbonyl (C=O) groups excluding carboxylic acids is 1. The zero-order valence-electron chi connectivity index (χ0n) is 10.1. The van der Waals surface area contributed by atoms with Crippen LogP contribution in [0.1, 0.15) is 12.5 Å². The molecular weight excluding hydrogens is 263 g/mol. The Balaban J connectivity index is 2.21. The normalized spacial score (nSPS) is 23.8. The average Bonchev–Trinajstić information content (AvgIpc) is 2.36. The van der Waals surface area contributed by atoms with Gasteiger partial charge in [-0.1, -0.05) is 6.07 Å². The molecule has 0 bridgehead atoms. The number of hydrogen-bond acceptors (Lipinski definition) is 3. The highest BCUT2D eigenvalue weighted by Gasteiger charge is 2.32. The van der Waals surface area contributed by atoms with Gasteiger partial charge in [0.05, 0.1) is 6.10 Å². The molecule has 1 fully saturated rings. The number of hydrogen-bond donors (Lipinski definition) is 1. The first-order chi connectivity index (χ1) is 8.90. The van der Waals surface area contributed by atoms with Gasteiger partial charge in [0, 0.05) is 18.7 Å². The van der Waals surface area contributed by atoms with Gasteiger partial charge in [-0.25, -0.2) is 13.2 Å². The van der Waals surface area contributed by atoms with Gasteiger partial charge in [-0.05, 0) is 13.0 Å². The van der Waals surface area contributed by atoms with Crippen LogP contribution in [-0.4, -0.2) is 34.9 Å². The SMILES string of the molecule is CC1CN(Cc2ccc(F)c(F)c2F)C(=O)C(O)O1. The molecule has 0 saturated carbocycles. The summed E-state index contributed by atoms with van der Waals surface area (Å²) in [7, 11) is 0. The molecular formula is C12H12F3NO3. The number of carbonyl (C=O) groups is 1. The summed E-state index contributed by atoms with van der Waals surface area (Å²) in [5, 5.41) is 9.32. The lowest BCUT2D eigenvalue weighted by Crippen LogP contribution is -2.50. The molecule has 0 radical (unpaired) electrons. The Morgan fingerprint density at radius 3 is 2.74 bits per heavy atom. The van der Waals surface area contributed by atoms with Crippen LogP contribution in [0.3, 0.4) is 0 Å². The first kappa shape index (κ1) is 13.8. The number of ether oxygens (including phenoxy) is 1. The fourth-order valence-electron chi connectivity index (χ4n) is 1.91. The average molecular weight is 275 g/mol. The summed E-state index contributed by atoms with van der Waals surface area (Å²) >= 11 is 0. The molecule has 1 aliphatic rings. The second kappa shape index (κ2) is 5.18. The molecule has 1 amide bonds. The molecule has 2 rings (SSSR count). The van der Waals surface area contributed by atoms with Crippen molar-refractivity contribution < 1.29 is 27.8 Å². The summed E-state index contributed by atoms with van der Waals surface area (Å²) in [4.78, 5) is 12.7. The van der Waals surface area contributed by atoms with Crippen LogP contribution in [0.4, 0.5) is 13.2 Å². The van der Waals surface area contributed by atoms with E-state index in [1.165, 1.54) is 0 Å². The number of aliphatic hydroxyl groups is 1. The largest absolute Gasteiger partial charge is 0.360 e. The van der Waals surface area contributed by atoms with Gasteiger partial charge in [0.25, 0.3) is 5.91 Å². The van der Waals surface area contributed by atoms with Gasteiger partial charge in [0.2, 0.25) is 6.29 Å². The van der Waals surface area contributed by atoms with E-state index in [0.29, 0.717) is 0 Å². The van der Waals surface area contributed by atoms with Crippen LogP contribution in [0.25, 0.3) is 0 Å². The maximum absolute atomic E-state index is 13.5. The standard InChI is InChI=1S/C12H12F3NO3/c1-6-4-16(11(17)12(18)19-6)5-7-2-3-8(13)10(15)9(7)14/h2-3,6,12,18H,4-5H2,1H3. The summed E-state index contributed by atoms with van der Waals surface area (Å²) in [6.07, 6.45) is -2.04. The summed E-state index contributed by atoms with van der Waals surface area (Å²) in [6.45, 7) is 1.51. The van der Waals surface area contributed by atoms with Crippen molar-refractivity contribution in [1.82, 2.24) is 4.90 Å². The fourth-order valence-corrected chi connectivity index (χ4v) is 1.91. The van der Waals surface area contributed by atoms with Crippen LogP contribution in [0, 0.1) is 17.5 Å². The number of halogens is 3. The number of benzene rings is 1. The van der Waals surface area contributed by atoms with Gasteiger partial charge in [0.15, 0.2) is 17.5 Å². The predicted octanol–water partition coefficient (Wildman–Crippen LogP) is 1.17. The minimum absolute atomic E-state index is 0.133. The molecule has 104 valence electrons. The Morgan fingerprint density at radius 1 is 1.37 bits per heavy atom. The summed E-state index contributed by atoms with van der Waals surface area (Å²) in [6, 6.07) is 1.85. The van der Waals surface area contributed by atoms with Crippen molar-refractivity contribution >= 4 is 5.91 Å². The van der Waals surface area contributed by atoms with Crippen LogP contribution in [-0.2, 0) is 16.1 Å². The van der Waals surface area contributed by atoms with Gasteiger partial charge in [-0.15, -0.1) is 0 Å². The number of morpholine rings is 1. The van der Waals surface area contributed by atoms with Crippen LogP contribution in [0.5, 0.6) is 0 Å². The van der Waals surface area contributed by atoms with E-state index < -0.39 is 35.8 Å². The van der Waals surface area contributed by atoms with E-state index in [0.717, 1.165) is 17.0 Å². The van der Waals surface area contributed by atoms with E-state index in [2.05, 4.69) is 0 Å². The zero-order chi connectivity index (χ0) is 14.2. The Hall–Kier alpha value is -1.60. The van der Waals surface area contributed by atoms with Crippen molar-refractivity contribution in [1.29, 1.82) is 0 Å². The molecule has 7 heteroatoms. The number of aliphatic hydroxyl groups excluding tert-OH is 1. The molecule has 19 heavy (non-hydrogen) atoms. The molecule has 1 N–H and O–H groups in total. The smallest absolute Gasteiger partial charge is 0.279 e. The highest BCUT2D eigenvalue weighted by molar-refractivity contribution is 5.80. The van der Waals surface area contributed by atoms with Crippen LogP contribution >= 0.6 is 0 Å². The van der Waals surface area contributed by atoms with Crippen molar-refractivity contribution in [3.8, 4) is 0 Å². The van der Waals surface area contributed by atoms with Crippen molar-refractivity contribution in [3.63, 3.8) is 0 Å². The molecule has 0 aromatic heterocycles. The Bertz CT molecular complexity index is 509. The molecule has 0 spiro atoms. The van der Waals surface area contributed by atoms with E-state index in [1.54, 1.807) is 6.92 Å². The monoisotopic (exact) mass is 275 g/mol. The van der Waals surface area contributed by atoms with E-state index in [1.807, 2.05) is 0 Å². The van der Waals surface area contributed by atoms with Crippen molar-refractivity contribution in [3.05, 3.63) is 35.1 Å². The molecule has 2 atom stereocenters. The quantitative estimate of drug-likeness (QED) is 0.824. The van der Waals surface area contributed by atoms with E-state index in [4.69, 9.17) is 4.74 Å². The van der Waals surface area contributed by atoms with E-state index >= 15 is 0 Å². The zero-order valence-corrected chi connectivity index (χ0v) is 10.1. The highest BCUT2D eigenvalue weighted by atomic mass is 19.2. The minimum atomic E-state index is -1.61. The summed E-state index contributed by atoms with van der Waals surface area (Å²) in [5.74, 6) is -4.93. The molecule has 0 aliphatic carbocycles. The Labute approximate surface area is 107 Å². The molecule has 1 aromatic carbocycles. The Kier molecular flexibility index (Phi) is 3.77. The molecule has 1 heterocycles. The molecule has 1 aromatic rings. The summed E-state index contributed by atoms with van der Waals surface area (Å²) in [5.41, 5.74) is -0.159. The second-order valence-corrected chi connectivity index (χ2v) is 4.35. The van der Waals surface area contributed by atoms with Gasteiger partial charge in [-0.3, -0.25) is 4.79 Å². The van der Waals surface area contributed by atoms with Crippen molar-refractivity contribution in [2.24, 2.45) is 0 Å². The lowest BCUT2D eigenvalue weighted by Gasteiger charge is -2.33. The van der Waals surface area contributed by atoms with Crippen LogP contribution < -0.4 is 0 Å². The molecule has 1 saturated heterocycles. The first-order valence-electron chi connectivity index (χ1n) is 5.65. The molecule has 4 nitrogen and oxygen atoms in total. The van der Waals surface area contributed by atoms with Crippen molar-refractivity contribution in [2.75, 3.05) is 6.54 Å². The first-order valence-corrected chi connectivity index (χ1v) is 5.65. The number of nitrogens with zero attached hydrogens (tertiary/aromatic N) is 1. The van der Waals surface area contributed by atoms with Crippen LogP contribution in [0.15, 0.2) is 12.1 Å². The molecule has 1 aliphatic heterocycles. The third-order valence-electron chi connectivity index (χ3n) is 2.84. The fraction of sp³-hybridized carbons (Fsp3) is 0.417. The lowest BCUT2D eigenvalue weighted by atomic mass is 10.1. The highest BCUT2D eigenvalue weighted by Crippen LogP contribution is 2.19. The third kappa shape index (κ3) is 2.71. The van der Waals surface area contributed by atoms with Crippen molar-refractivity contribution in [2.45, 2.75) is 25.9 Å².